The summed E-state index contributed by atoms with van der Waals surface area (Å²) in [5.41, 5.74) is 2.90. The number of thioether (sulfide) groups is 1. The van der Waals surface area contributed by atoms with E-state index in [0.29, 0.717) is 29.3 Å². The summed E-state index contributed by atoms with van der Waals surface area (Å²) in [6.07, 6.45) is 6.01. The Morgan fingerprint density at radius 3 is 2.83 bits per heavy atom. The second-order valence-electron chi connectivity index (χ2n) is 10.0. The van der Waals surface area contributed by atoms with Gasteiger partial charge in [0.25, 0.3) is 0 Å². The highest BCUT2D eigenvalue weighted by molar-refractivity contribution is 7.99. The van der Waals surface area contributed by atoms with Gasteiger partial charge in [-0.3, -0.25) is 4.79 Å². The van der Waals surface area contributed by atoms with E-state index in [9.17, 15) is 4.79 Å². The smallest absolute Gasteiger partial charge is 0.305 e. The Labute approximate surface area is 239 Å². The molecule has 1 aliphatic heterocycles. The van der Waals surface area contributed by atoms with Crippen molar-refractivity contribution < 1.29 is 27.8 Å². The van der Waals surface area contributed by atoms with Crippen LogP contribution in [-0.4, -0.2) is 40.9 Å². The van der Waals surface area contributed by atoms with Crippen LogP contribution in [0.5, 0.6) is 17.2 Å². The quantitative estimate of drug-likeness (QED) is 0.151. The van der Waals surface area contributed by atoms with Gasteiger partial charge in [-0.1, -0.05) is 18.2 Å². The van der Waals surface area contributed by atoms with Crippen LogP contribution in [0.1, 0.15) is 30.2 Å². The fraction of sp³-hybridized carbons (Fsp3) is 0.226. The van der Waals surface area contributed by atoms with Crippen LogP contribution < -0.4 is 9.47 Å². The van der Waals surface area contributed by atoms with Gasteiger partial charge in [0.2, 0.25) is 0 Å². The summed E-state index contributed by atoms with van der Waals surface area (Å²) in [5.74, 6) is 0.107. The van der Waals surface area contributed by atoms with Crippen LogP contribution in [-0.2, 0) is 21.4 Å². The van der Waals surface area contributed by atoms with Crippen LogP contribution in [0, 0.1) is 11.6 Å². The Morgan fingerprint density at radius 2 is 2.02 bits per heavy atom. The van der Waals surface area contributed by atoms with Crippen molar-refractivity contribution in [3.8, 4) is 28.6 Å². The molecule has 3 heterocycles. The molecule has 1 aliphatic rings. The highest BCUT2D eigenvalue weighted by atomic mass is 32.2. The number of rotatable bonds is 8. The summed E-state index contributed by atoms with van der Waals surface area (Å²) in [5, 5.41) is 0.840. The van der Waals surface area contributed by atoms with E-state index in [1.807, 2.05) is 37.4 Å². The first-order chi connectivity index (χ1) is 19.8. The van der Waals surface area contributed by atoms with E-state index in [-0.39, 0.29) is 29.5 Å². The minimum Gasteiger partial charge on any atom is -0.492 e. The number of carbonyl (C=O) groups excluding carboxylic acids is 1. The number of methoxy groups -OCH3 is 1. The van der Waals surface area contributed by atoms with Gasteiger partial charge in [0.05, 0.1) is 23.0 Å². The number of hydrogen-bond acceptors (Lipinski definition) is 6. The van der Waals surface area contributed by atoms with Gasteiger partial charge in [0.15, 0.2) is 11.6 Å². The zero-order valence-corrected chi connectivity index (χ0v) is 23.5. The number of nitrogens with one attached hydrogen (secondary N) is 2. The summed E-state index contributed by atoms with van der Waals surface area (Å²) >= 11 is 1.37. The summed E-state index contributed by atoms with van der Waals surface area (Å²) in [7, 11) is 1.37. The van der Waals surface area contributed by atoms with Gasteiger partial charge in [0, 0.05) is 47.0 Å². The number of ether oxygens (including phenoxy) is 3. The van der Waals surface area contributed by atoms with E-state index in [1.54, 1.807) is 12.4 Å². The molecule has 1 atom stereocenters. The molecule has 0 spiro atoms. The summed E-state index contributed by atoms with van der Waals surface area (Å²) < 4.78 is 47.0. The predicted octanol–water partition coefficient (Wildman–Crippen LogP) is 7.15. The standard InChI is InChI=1S/C31H27F2N3O4S/c1-31(16-39-27-17(5-4-6-21(27)31)7-10-26(37)38-2)25-15-35-30(36-25)20-13-18(8-9-22(20)32)40-28-23(33)14-24-19(11-12-34-24)29(28)41-3/h4-6,8-9,11-15,34H,7,10,16H2,1-3H3,(H,35,36). The lowest BCUT2D eigenvalue weighted by molar-refractivity contribution is -0.140. The number of nitrogens with zero attached hydrogens (tertiary/aromatic N) is 1. The van der Waals surface area contributed by atoms with Crippen LogP contribution in [0.3, 0.4) is 0 Å². The number of aryl methyl sites for hydroxylation is 1. The molecule has 0 radical (unpaired) electrons. The van der Waals surface area contributed by atoms with Crippen LogP contribution in [0.25, 0.3) is 22.3 Å². The molecule has 10 heteroatoms. The fourth-order valence-corrected chi connectivity index (χ4v) is 5.99. The monoisotopic (exact) mass is 575 g/mol. The highest BCUT2D eigenvalue weighted by Gasteiger charge is 2.40. The molecule has 0 saturated carbocycles. The van der Waals surface area contributed by atoms with Crippen LogP contribution in [0.2, 0.25) is 0 Å². The van der Waals surface area contributed by atoms with Crippen LogP contribution >= 0.6 is 11.8 Å². The van der Waals surface area contributed by atoms with E-state index in [4.69, 9.17) is 14.2 Å². The van der Waals surface area contributed by atoms with Crippen LogP contribution in [0.4, 0.5) is 8.78 Å². The molecule has 3 aromatic carbocycles. The van der Waals surface area contributed by atoms with Gasteiger partial charge in [-0.15, -0.1) is 11.8 Å². The van der Waals surface area contributed by atoms with E-state index < -0.39 is 17.0 Å². The minimum absolute atomic E-state index is 0.0810. The molecule has 0 saturated heterocycles. The molecule has 1 unspecified atom stereocenters. The molecule has 0 aliphatic carbocycles. The average Bonchev–Trinajstić information content (AvgIpc) is 3.73. The molecular weight excluding hydrogens is 548 g/mol. The Hall–Kier alpha value is -4.31. The van der Waals surface area contributed by atoms with Gasteiger partial charge in [0.1, 0.15) is 29.7 Å². The van der Waals surface area contributed by atoms with E-state index in [0.717, 1.165) is 28.0 Å². The number of aromatic nitrogens is 3. The Balaban J connectivity index is 1.31. The summed E-state index contributed by atoms with van der Waals surface area (Å²) in [4.78, 5) is 23.1. The normalized spacial score (nSPS) is 16.0. The maximum absolute atomic E-state index is 15.1. The molecule has 2 N–H and O–H groups in total. The number of hydrogen-bond donors (Lipinski definition) is 2. The number of imidazole rings is 1. The van der Waals surface area contributed by atoms with Crippen molar-refractivity contribution in [1.82, 2.24) is 15.0 Å². The maximum atomic E-state index is 15.1. The first-order valence-corrected chi connectivity index (χ1v) is 14.2. The molecule has 41 heavy (non-hydrogen) atoms. The highest BCUT2D eigenvalue weighted by Crippen LogP contribution is 2.45. The molecule has 210 valence electrons. The molecular formula is C31H27F2N3O4S. The second-order valence-corrected chi connectivity index (χ2v) is 10.9. The lowest BCUT2D eigenvalue weighted by Gasteiger charge is -2.21. The number of benzene rings is 3. The number of esters is 1. The lowest BCUT2D eigenvalue weighted by atomic mass is 9.81. The Morgan fingerprint density at radius 1 is 1.17 bits per heavy atom. The average molecular weight is 576 g/mol. The number of para-hydroxylation sites is 1. The number of halogens is 2. The third kappa shape index (κ3) is 4.72. The van der Waals surface area contributed by atoms with Gasteiger partial charge < -0.3 is 24.2 Å². The molecule has 0 amide bonds. The zero-order valence-electron chi connectivity index (χ0n) is 22.6. The molecule has 0 fully saturated rings. The Kier molecular flexibility index (Phi) is 6.94. The topological polar surface area (TPSA) is 89.2 Å². The van der Waals surface area contributed by atoms with E-state index >= 15 is 8.78 Å². The van der Waals surface area contributed by atoms with Crippen molar-refractivity contribution in [2.45, 2.75) is 30.1 Å². The van der Waals surface area contributed by atoms with Gasteiger partial charge in [-0.2, -0.15) is 0 Å². The predicted molar refractivity (Wildman–Crippen MR) is 153 cm³/mol. The van der Waals surface area contributed by atoms with E-state index in [1.165, 1.54) is 43.1 Å². The summed E-state index contributed by atoms with van der Waals surface area (Å²) in [6, 6.07) is 13.4. The first-order valence-electron chi connectivity index (χ1n) is 13.0. The molecule has 6 rings (SSSR count). The first kappa shape index (κ1) is 26.9. The van der Waals surface area contributed by atoms with Crippen molar-refractivity contribution in [2.75, 3.05) is 20.0 Å². The van der Waals surface area contributed by atoms with Crippen LogP contribution in [0.15, 0.2) is 65.8 Å². The number of fused-ring (bicyclic) bond motifs is 2. The third-order valence-corrected chi connectivity index (χ3v) is 8.34. The molecule has 0 bridgehead atoms. The van der Waals surface area contributed by atoms with Gasteiger partial charge in [-0.05, 0) is 49.4 Å². The number of aromatic amines is 2. The molecule has 5 aromatic rings. The number of H-pyrrole nitrogens is 2. The van der Waals surface area contributed by atoms with Gasteiger partial charge in [-0.25, -0.2) is 13.8 Å². The van der Waals surface area contributed by atoms with Crippen molar-refractivity contribution in [3.63, 3.8) is 0 Å². The molecule has 2 aromatic heterocycles. The molecule has 7 nitrogen and oxygen atoms in total. The maximum Gasteiger partial charge on any atom is 0.305 e. The largest absolute Gasteiger partial charge is 0.492 e. The van der Waals surface area contributed by atoms with Crippen molar-refractivity contribution in [1.29, 1.82) is 0 Å². The second kappa shape index (κ2) is 10.6. The van der Waals surface area contributed by atoms with Gasteiger partial charge >= 0.3 is 5.97 Å². The fourth-order valence-electron chi connectivity index (χ4n) is 5.27. The van der Waals surface area contributed by atoms with Crippen molar-refractivity contribution >= 4 is 28.6 Å². The summed E-state index contributed by atoms with van der Waals surface area (Å²) in [6.45, 7) is 2.38. The van der Waals surface area contributed by atoms with Crippen molar-refractivity contribution in [3.05, 3.63) is 89.4 Å². The minimum atomic E-state index is -0.575. The lowest BCUT2D eigenvalue weighted by Crippen LogP contribution is -2.25. The SMILES string of the molecule is COC(=O)CCc1cccc2c1OCC2(C)c1cnc(-c2cc(Oc3c(F)cc4[nH]ccc4c3SC)ccc2F)[nH]1. The number of carbonyl (C=O) groups is 1. The van der Waals surface area contributed by atoms with E-state index in [2.05, 4.69) is 15.0 Å². The zero-order chi connectivity index (χ0) is 28.7. The Bertz CT molecular complexity index is 1780. The van der Waals surface area contributed by atoms with Crippen molar-refractivity contribution in [2.24, 2.45) is 0 Å². The third-order valence-electron chi connectivity index (χ3n) is 7.53.